The summed E-state index contributed by atoms with van der Waals surface area (Å²) in [6.07, 6.45) is 1.10. The summed E-state index contributed by atoms with van der Waals surface area (Å²) in [4.78, 5) is 12.0. The molecule has 0 heterocycles. The molecule has 1 aromatic carbocycles. The summed E-state index contributed by atoms with van der Waals surface area (Å²) in [5.74, 6) is -0.0385. The van der Waals surface area contributed by atoms with E-state index in [4.69, 9.17) is 27.4 Å². The van der Waals surface area contributed by atoms with Crippen molar-refractivity contribution in [2.45, 2.75) is 12.8 Å². The number of thiocarbonyl (C=S) groups is 1. The number of hydrogen-bond acceptors (Lipinski definition) is 4. The molecule has 1 aromatic rings. The lowest BCUT2D eigenvalue weighted by Gasteiger charge is -2.06. The van der Waals surface area contributed by atoms with Crippen LogP contribution in [-0.2, 0) is 14.3 Å². The first-order valence-electron chi connectivity index (χ1n) is 6.40. The molecule has 0 aliphatic rings. The molecule has 1 rings (SSSR count). The molecule has 1 amide bonds. The van der Waals surface area contributed by atoms with Gasteiger partial charge in [0.05, 0.1) is 13.2 Å². The summed E-state index contributed by atoms with van der Waals surface area (Å²) >= 11 is 4.86. The van der Waals surface area contributed by atoms with Gasteiger partial charge in [-0.2, -0.15) is 0 Å². The van der Waals surface area contributed by atoms with Gasteiger partial charge in [-0.1, -0.05) is 12.2 Å². The molecule has 0 aliphatic heterocycles. The molecule has 0 unspecified atom stereocenters. The third kappa shape index (κ3) is 6.60. The SMILES string of the molecule is COCCOCCCC(=O)Nc1ccc(C(N)=S)cc1. The van der Waals surface area contributed by atoms with E-state index in [9.17, 15) is 4.79 Å². The zero-order valence-corrected chi connectivity index (χ0v) is 12.4. The van der Waals surface area contributed by atoms with E-state index < -0.39 is 0 Å². The van der Waals surface area contributed by atoms with Gasteiger partial charge >= 0.3 is 0 Å². The number of nitrogens with two attached hydrogens (primary N) is 1. The molecule has 20 heavy (non-hydrogen) atoms. The molecule has 0 fully saturated rings. The Morgan fingerprint density at radius 3 is 2.55 bits per heavy atom. The highest BCUT2D eigenvalue weighted by molar-refractivity contribution is 7.80. The van der Waals surface area contributed by atoms with E-state index in [-0.39, 0.29) is 5.91 Å². The van der Waals surface area contributed by atoms with Crippen molar-refractivity contribution in [2.75, 3.05) is 32.2 Å². The van der Waals surface area contributed by atoms with Crippen molar-refractivity contribution >= 4 is 28.8 Å². The fraction of sp³-hybridized carbons (Fsp3) is 0.429. The Labute approximate surface area is 124 Å². The Bertz CT molecular complexity index is 435. The van der Waals surface area contributed by atoms with Crippen LogP contribution in [0.3, 0.4) is 0 Å². The standard InChI is InChI=1S/C14H20N2O3S/c1-18-9-10-19-8-2-3-13(17)16-12-6-4-11(5-7-12)14(15)20/h4-7H,2-3,8-10H2,1H3,(H2,15,20)(H,16,17). The number of methoxy groups -OCH3 is 1. The van der Waals surface area contributed by atoms with Crippen LogP contribution in [-0.4, -0.2) is 37.8 Å². The largest absolute Gasteiger partial charge is 0.389 e. The molecule has 6 heteroatoms. The van der Waals surface area contributed by atoms with Gasteiger partial charge < -0.3 is 20.5 Å². The number of rotatable bonds is 9. The van der Waals surface area contributed by atoms with Gasteiger partial charge in [-0.15, -0.1) is 0 Å². The topological polar surface area (TPSA) is 73.6 Å². The van der Waals surface area contributed by atoms with Crippen LogP contribution in [0.4, 0.5) is 5.69 Å². The Balaban J connectivity index is 2.23. The monoisotopic (exact) mass is 296 g/mol. The highest BCUT2D eigenvalue weighted by Gasteiger charge is 2.03. The fourth-order valence-electron chi connectivity index (χ4n) is 1.52. The van der Waals surface area contributed by atoms with E-state index in [1.807, 2.05) is 0 Å². The van der Waals surface area contributed by atoms with Crippen molar-refractivity contribution < 1.29 is 14.3 Å². The highest BCUT2D eigenvalue weighted by Crippen LogP contribution is 2.10. The van der Waals surface area contributed by atoms with Crippen LogP contribution in [0, 0.1) is 0 Å². The number of benzene rings is 1. The van der Waals surface area contributed by atoms with E-state index in [1.165, 1.54) is 0 Å². The smallest absolute Gasteiger partial charge is 0.224 e. The minimum Gasteiger partial charge on any atom is -0.389 e. The van der Waals surface area contributed by atoms with Crippen LogP contribution in [0.5, 0.6) is 0 Å². The van der Waals surface area contributed by atoms with Crippen LogP contribution in [0.1, 0.15) is 18.4 Å². The van der Waals surface area contributed by atoms with Gasteiger partial charge in [0.2, 0.25) is 5.91 Å². The minimum atomic E-state index is -0.0385. The van der Waals surface area contributed by atoms with Gasteiger partial charge in [0, 0.05) is 31.4 Å². The number of anilines is 1. The van der Waals surface area contributed by atoms with E-state index in [2.05, 4.69) is 5.32 Å². The molecule has 0 aliphatic carbocycles. The van der Waals surface area contributed by atoms with Gasteiger partial charge in [0.15, 0.2) is 0 Å². The molecule has 0 saturated carbocycles. The van der Waals surface area contributed by atoms with Crippen LogP contribution in [0.2, 0.25) is 0 Å². The van der Waals surface area contributed by atoms with Crippen LogP contribution < -0.4 is 11.1 Å². The van der Waals surface area contributed by atoms with Crippen LogP contribution in [0.15, 0.2) is 24.3 Å². The highest BCUT2D eigenvalue weighted by atomic mass is 32.1. The third-order valence-corrected chi connectivity index (χ3v) is 2.81. The van der Waals surface area contributed by atoms with Crippen molar-refractivity contribution in [3.63, 3.8) is 0 Å². The number of nitrogens with one attached hydrogen (secondary N) is 1. The van der Waals surface area contributed by atoms with Crippen molar-refractivity contribution in [2.24, 2.45) is 5.73 Å². The first kappa shape index (κ1) is 16.6. The molecule has 0 atom stereocenters. The maximum absolute atomic E-state index is 11.7. The first-order valence-corrected chi connectivity index (χ1v) is 6.80. The average molecular weight is 296 g/mol. The lowest BCUT2D eigenvalue weighted by molar-refractivity contribution is -0.116. The second kappa shape index (κ2) is 9.41. The van der Waals surface area contributed by atoms with Gasteiger partial charge in [-0.25, -0.2) is 0 Å². The molecule has 3 N–H and O–H groups in total. The average Bonchev–Trinajstić information content (AvgIpc) is 2.43. The molecule has 0 bridgehead atoms. The lowest BCUT2D eigenvalue weighted by Crippen LogP contribution is -2.13. The van der Waals surface area contributed by atoms with Crippen molar-refractivity contribution in [3.05, 3.63) is 29.8 Å². The number of amides is 1. The quantitative estimate of drug-likeness (QED) is 0.536. The third-order valence-electron chi connectivity index (χ3n) is 2.58. The zero-order chi connectivity index (χ0) is 14.8. The zero-order valence-electron chi connectivity index (χ0n) is 11.6. The summed E-state index contributed by atoms with van der Waals surface area (Å²) < 4.78 is 10.1. The van der Waals surface area contributed by atoms with E-state index in [0.29, 0.717) is 37.7 Å². The molecule has 0 aromatic heterocycles. The van der Waals surface area contributed by atoms with E-state index in [0.717, 1.165) is 11.3 Å². The predicted molar refractivity (Wildman–Crippen MR) is 82.9 cm³/mol. The van der Waals surface area contributed by atoms with Gasteiger partial charge in [0.25, 0.3) is 0 Å². The molecule has 110 valence electrons. The van der Waals surface area contributed by atoms with Crippen LogP contribution >= 0.6 is 12.2 Å². The Morgan fingerprint density at radius 2 is 1.95 bits per heavy atom. The first-order chi connectivity index (χ1) is 9.63. The van der Waals surface area contributed by atoms with Gasteiger partial charge in [-0.05, 0) is 30.7 Å². The molecule has 5 nitrogen and oxygen atoms in total. The number of carbonyl (C=O) groups is 1. The summed E-state index contributed by atoms with van der Waals surface area (Å²) in [6.45, 7) is 1.68. The molecule has 0 radical (unpaired) electrons. The maximum Gasteiger partial charge on any atom is 0.224 e. The summed E-state index contributed by atoms with van der Waals surface area (Å²) in [6, 6.07) is 7.13. The number of carbonyl (C=O) groups excluding carboxylic acids is 1. The maximum atomic E-state index is 11.7. The summed E-state index contributed by atoms with van der Waals surface area (Å²) in [5.41, 5.74) is 7.02. The Morgan fingerprint density at radius 1 is 1.25 bits per heavy atom. The number of hydrogen-bond donors (Lipinski definition) is 2. The number of ether oxygens (including phenoxy) is 2. The van der Waals surface area contributed by atoms with Gasteiger partial charge in [-0.3, -0.25) is 4.79 Å². The molecular formula is C14H20N2O3S. The second-order valence-electron chi connectivity index (χ2n) is 4.20. The summed E-state index contributed by atoms with van der Waals surface area (Å²) in [7, 11) is 1.62. The van der Waals surface area contributed by atoms with Crippen molar-refractivity contribution in [3.8, 4) is 0 Å². The summed E-state index contributed by atoms with van der Waals surface area (Å²) in [5, 5.41) is 2.81. The van der Waals surface area contributed by atoms with Gasteiger partial charge in [0.1, 0.15) is 4.99 Å². The minimum absolute atomic E-state index is 0.0385. The molecule has 0 saturated heterocycles. The molecular weight excluding hydrogens is 276 g/mol. The van der Waals surface area contributed by atoms with Crippen molar-refractivity contribution in [1.29, 1.82) is 0 Å². The lowest BCUT2D eigenvalue weighted by atomic mass is 10.2. The normalized spacial score (nSPS) is 10.2. The predicted octanol–water partition coefficient (Wildman–Crippen LogP) is 1.70. The Hall–Kier alpha value is -1.50. The fourth-order valence-corrected chi connectivity index (χ4v) is 1.66. The van der Waals surface area contributed by atoms with E-state index >= 15 is 0 Å². The van der Waals surface area contributed by atoms with Crippen LogP contribution in [0.25, 0.3) is 0 Å². The van der Waals surface area contributed by atoms with Crippen molar-refractivity contribution in [1.82, 2.24) is 0 Å². The Kier molecular flexibility index (Phi) is 7.79. The second-order valence-corrected chi connectivity index (χ2v) is 4.64. The molecule has 0 spiro atoms. The van der Waals surface area contributed by atoms with E-state index in [1.54, 1.807) is 31.4 Å².